The third-order valence-electron chi connectivity index (χ3n) is 12.9. The van der Waals surface area contributed by atoms with Crippen molar-refractivity contribution < 1.29 is 63.1 Å². The molecule has 13 nitrogen and oxygen atoms in total. The van der Waals surface area contributed by atoms with Gasteiger partial charge in [0, 0.05) is 12.8 Å². The SMILES string of the molecule is CCCC/C=C/CCCCCCCCCCCC(=O)OC[C@H](COP(=O)(O)OC1C(O)C(O)C(O)[C@@H](O)C1O)OC(=O)CCCCCCCCCCCCCCCCCCCCCCCC. The minimum Gasteiger partial charge on any atom is -0.462 e. The predicted molar refractivity (Wildman–Crippen MR) is 263 cm³/mol. The van der Waals surface area contributed by atoms with Gasteiger partial charge in [-0.2, -0.15) is 0 Å². The summed E-state index contributed by atoms with van der Waals surface area (Å²) in [7, 11) is -5.12. The lowest BCUT2D eigenvalue weighted by Crippen LogP contribution is -2.64. The van der Waals surface area contributed by atoms with Crippen molar-refractivity contribution >= 4 is 19.8 Å². The van der Waals surface area contributed by atoms with Gasteiger partial charge in [-0.15, -0.1) is 0 Å². The van der Waals surface area contributed by atoms with E-state index in [2.05, 4.69) is 26.0 Å². The molecule has 390 valence electrons. The first-order chi connectivity index (χ1) is 31.9. The molecule has 0 amide bonds. The number of aliphatic hydroxyl groups is 5. The minimum absolute atomic E-state index is 0.103. The molecule has 0 bridgehead atoms. The van der Waals surface area contributed by atoms with E-state index in [-0.39, 0.29) is 12.8 Å². The second-order valence-corrected chi connectivity index (χ2v) is 20.5. The van der Waals surface area contributed by atoms with Crippen LogP contribution in [-0.4, -0.2) is 98.3 Å². The Labute approximate surface area is 401 Å². The summed E-state index contributed by atoms with van der Waals surface area (Å²) in [5.41, 5.74) is 0. The number of ether oxygens (including phenoxy) is 2. The fraction of sp³-hybridized carbons (Fsp3) is 0.923. The average molecular weight is 963 g/mol. The maximum Gasteiger partial charge on any atom is 0.472 e. The van der Waals surface area contributed by atoms with E-state index in [1.807, 2.05) is 0 Å². The van der Waals surface area contributed by atoms with Gasteiger partial charge in [-0.1, -0.05) is 219 Å². The first kappa shape index (κ1) is 62.6. The number of esters is 2. The summed E-state index contributed by atoms with van der Waals surface area (Å²) in [6.45, 7) is 3.32. The molecule has 6 N–H and O–H groups in total. The summed E-state index contributed by atoms with van der Waals surface area (Å²) in [6.07, 6.45) is 34.0. The number of hydrogen-bond acceptors (Lipinski definition) is 12. The van der Waals surface area contributed by atoms with Gasteiger partial charge in [0.1, 0.15) is 43.2 Å². The molecule has 14 heteroatoms. The van der Waals surface area contributed by atoms with E-state index in [0.29, 0.717) is 12.8 Å². The molecular weight excluding hydrogens is 864 g/mol. The fourth-order valence-corrected chi connectivity index (χ4v) is 9.48. The fourth-order valence-electron chi connectivity index (χ4n) is 8.51. The zero-order valence-corrected chi connectivity index (χ0v) is 42.7. The first-order valence-corrected chi connectivity index (χ1v) is 28.5. The highest BCUT2D eigenvalue weighted by molar-refractivity contribution is 7.47. The van der Waals surface area contributed by atoms with Crippen molar-refractivity contribution in [3.63, 3.8) is 0 Å². The van der Waals surface area contributed by atoms with Crippen LogP contribution in [0.15, 0.2) is 12.2 Å². The molecule has 1 aliphatic rings. The Hall–Kier alpha value is -1.41. The molecule has 0 aromatic heterocycles. The van der Waals surface area contributed by atoms with E-state index in [0.717, 1.165) is 44.9 Å². The van der Waals surface area contributed by atoms with Gasteiger partial charge in [-0.25, -0.2) is 4.57 Å². The molecule has 0 aliphatic heterocycles. The molecule has 66 heavy (non-hydrogen) atoms. The standard InChI is InChI=1S/C52H99O13P/c1-3-5-7-9-11-13-15-17-19-20-21-22-23-24-25-27-29-31-33-35-37-39-41-46(54)64-44(43-63-66(60,61)65-52-50(58)48(56)47(55)49(57)51(52)59)42-62-45(53)40-38-36-34-32-30-28-26-18-16-14-12-10-8-6-4-2/h10,12,44,47-52,55-59H,3-9,11,13-43H2,1-2H3,(H,60,61)/b12-10+/t44-,47?,48-,49?,50?,51?,52?/m1/s1. The van der Waals surface area contributed by atoms with Gasteiger partial charge in [-0.3, -0.25) is 18.6 Å². The first-order valence-electron chi connectivity index (χ1n) is 27.0. The van der Waals surface area contributed by atoms with E-state index in [1.54, 1.807) is 0 Å². The van der Waals surface area contributed by atoms with E-state index >= 15 is 0 Å². The van der Waals surface area contributed by atoms with Crippen molar-refractivity contribution in [2.24, 2.45) is 0 Å². The summed E-state index contributed by atoms with van der Waals surface area (Å²) in [4.78, 5) is 35.9. The van der Waals surface area contributed by atoms with E-state index in [4.69, 9.17) is 18.5 Å². The highest BCUT2D eigenvalue weighted by Gasteiger charge is 2.51. The van der Waals surface area contributed by atoms with Gasteiger partial charge < -0.3 is 39.9 Å². The highest BCUT2D eigenvalue weighted by atomic mass is 31.2. The molecule has 1 rings (SSSR count). The molecule has 0 spiro atoms. The van der Waals surface area contributed by atoms with Crippen LogP contribution in [-0.2, 0) is 32.7 Å². The number of phosphoric ester groups is 1. The Morgan fingerprint density at radius 3 is 1.20 bits per heavy atom. The number of carbonyl (C=O) groups excluding carboxylic acids is 2. The summed E-state index contributed by atoms with van der Waals surface area (Å²) >= 11 is 0. The average Bonchev–Trinajstić information content (AvgIpc) is 3.30. The Morgan fingerprint density at radius 2 is 0.788 bits per heavy atom. The summed E-state index contributed by atoms with van der Waals surface area (Å²) in [6, 6.07) is 0. The van der Waals surface area contributed by atoms with Gasteiger partial charge in [0.25, 0.3) is 0 Å². The van der Waals surface area contributed by atoms with Gasteiger partial charge in [0.2, 0.25) is 0 Å². The van der Waals surface area contributed by atoms with E-state index in [9.17, 15) is 44.6 Å². The van der Waals surface area contributed by atoms with Gasteiger partial charge in [-0.05, 0) is 32.1 Å². The maximum atomic E-state index is 12.9. The lowest BCUT2D eigenvalue weighted by atomic mass is 9.85. The van der Waals surface area contributed by atoms with Crippen LogP contribution in [0.4, 0.5) is 0 Å². The summed E-state index contributed by atoms with van der Waals surface area (Å²) in [5.74, 6) is -1.09. The van der Waals surface area contributed by atoms with Crippen molar-refractivity contribution in [2.75, 3.05) is 13.2 Å². The van der Waals surface area contributed by atoms with Gasteiger partial charge in [0.05, 0.1) is 6.61 Å². The molecule has 1 aliphatic carbocycles. The molecule has 0 aromatic rings. The van der Waals surface area contributed by atoms with E-state index in [1.165, 1.54) is 167 Å². The Morgan fingerprint density at radius 1 is 0.455 bits per heavy atom. The van der Waals surface area contributed by atoms with Crippen molar-refractivity contribution in [3.8, 4) is 0 Å². The quantitative estimate of drug-likeness (QED) is 0.0145. The van der Waals surface area contributed by atoms with Crippen molar-refractivity contribution in [1.82, 2.24) is 0 Å². The van der Waals surface area contributed by atoms with Crippen LogP contribution in [0.25, 0.3) is 0 Å². The second-order valence-electron chi connectivity index (χ2n) is 19.1. The largest absolute Gasteiger partial charge is 0.472 e. The van der Waals surface area contributed by atoms with Crippen LogP contribution < -0.4 is 0 Å². The molecule has 1 fully saturated rings. The van der Waals surface area contributed by atoms with Crippen LogP contribution in [0.2, 0.25) is 0 Å². The normalized spacial score (nSPS) is 21.3. The van der Waals surface area contributed by atoms with Gasteiger partial charge in [0.15, 0.2) is 6.10 Å². The topological polar surface area (TPSA) is 210 Å². The highest BCUT2D eigenvalue weighted by Crippen LogP contribution is 2.47. The number of hydrogen-bond donors (Lipinski definition) is 6. The van der Waals surface area contributed by atoms with Crippen molar-refractivity contribution in [2.45, 2.75) is 294 Å². The Bertz CT molecular complexity index is 1200. The molecular formula is C52H99O13P. The van der Waals surface area contributed by atoms with Crippen LogP contribution in [0.1, 0.15) is 251 Å². The summed E-state index contributed by atoms with van der Waals surface area (Å²) < 4.78 is 33.7. The third-order valence-corrected chi connectivity index (χ3v) is 13.8. The van der Waals surface area contributed by atoms with Crippen LogP contribution >= 0.6 is 7.82 Å². The van der Waals surface area contributed by atoms with Gasteiger partial charge >= 0.3 is 19.8 Å². The second kappa shape index (κ2) is 42.5. The molecule has 0 radical (unpaired) electrons. The van der Waals surface area contributed by atoms with Crippen molar-refractivity contribution in [1.29, 1.82) is 0 Å². The number of phosphoric acid groups is 1. The molecule has 0 saturated heterocycles. The number of carbonyl (C=O) groups is 2. The maximum absolute atomic E-state index is 12.9. The Balaban J connectivity index is 2.34. The lowest BCUT2D eigenvalue weighted by molar-refractivity contribution is -0.220. The molecule has 6 unspecified atom stereocenters. The molecule has 1 saturated carbocycles. The van der Waals surface area contributed by atoms with E-state index < -0.39 is 75.7 Å². The molecule has 0 aromatic carbocycles. The smallest absolute Gasteiger partial charge is 0.462 e. The number of rotatable bonds is 46. The summed E-state index contributed by atoms with van der Waals surface area (Å²) in [5, 5.41) is 50.3. The molecule has 0 heterocycles. The third kappa shape index (κ3) is 34.0. The van der Waals surface area contributed by atoms with Crippen LogP contribution in [0, 0.1) is 0 Å². The van der Waals surface area contributed by atoms with Crippen LogP contribution in [0.3, 0.4) is 0 Å². The lowest BCUT2D eigenvalue weighted by Gasteiger charge is -2.41. The molecule has 8 atom stereocenters. The minimum atomic E-state index is -5.12. The zero-order chi connectivity index (χ0) is 48.5. The van der Waals surface area contributed by atoms with Crippen LogP contribution in [0.5, 0.6) is 0 Å². The zero-order valence-electron chi connectivity index (χ0n) is 41.8. The van der Waals surface area contributed by atoms with Crippen molar-refractivity contribution in [3.05, 3.63) is 12.2 Å². The Kier molecular flexibility index (Phi) is 40.3. The number of unbranched alkanes of at least 4 members (excludes halogenated alkanes) is 32. The monoisotopic (exact) mass is 963 g/mol. The number of aliphatic hydroxyl groups excluding tert-OH is 5. The predicted octanol–water partition coefficient (Wildman–Crippen LogP) is 11.8. The number of allylic oxidation sites excluding steroid dienone is 2.